The lowest BCUT2D eigenvalue weighted by molar-refractivity contribution is -0.139. The monoisotopic (exact) mass is 428 g/mol. The molecule has 30 heavy (non-hydrogen) atoms. The first-order valence-corrected chi connectivity index (χ1v) is 9.67. The standard InChI is InChI=1S/C20H32N2O8/c1-6-16(30-20(26)22-10-13-28-18(24)15(4)5)8-7-11-29-19(25)21-9-12-27-17(23)14(2)3/h16H,2,4,6-13H2,1,3,5H3,(H,21,25)(H,22,26). The van der Waals surface area contributed by atoms with E-state index >= 15 is 0 Å². The van der Waals surface area contributed by atoms with Gasteiger partial charge in [0.25, 0.3) is 0 Å². The zero-order chi connectivity index (χ0) is 22.9. The first kappa shape index (κ1) is 27.0. The highest BCUT2D eigenvalue weighted by Crippen LogP contribution is 2.07. The Bertz CT molecular complexity index is 618. The Morgan fingerprint density at radius 2 is 1.30 bits per heavy atom. The number of carbonyl (C=O) groups is 4. The van der Waals surface area contributed by atoms with E-state index in [1.807, 2.05) is 6.92 Å². The van der Waals surface area contributed by atoms with Crippen molar-refractivity contribution in [3.8, 4) is 0 Å². The van der Waals surface area contributed by atoms with Gasteiger partial charge in [0.1, 0.15) is 19.3 Å². The summed E-state index contributed by atoms with van der Waals surface area (Å²) in [6.45, 7) is 12.3. The molecule has 10 nitrogen and oxygen atoms in total. The molecule has 0 saturated carbocycles. The first-order chi connectivity index (χ1) is 14.2. The van der Waals surface area contributed by atoms with Crippen LogP contribution in [0.5, 0.6) is 0 Å². The van der Waals surface area contributed by atoms with Crippen LogP contribution >= 0.6 is 0 Å². The predicted octanol–water partition coefficient (Wildman–Crippen LogP) is 2.24. The molecule has 0 rings (SSSR count). The molecule has 0 fully saturated rings. The zero-order valence-electron chi connectivity index (χ0n) is 17.9. The summed E-state index contributed by atoms with van der Waals surface area (Å²) >= 11 is 0. The van der Waals surface area contributed by atoms with E-state index in [2.05, 4.69) is 23.8 Å². The topological polar surface area (TPSA) is 129 Å². The van der Waals surface area contributed by atoms with Gasteiger partial charge in [-0.05, 0) is 33.1 Å². The van der Waals surface area contributed by atoms with Crippen LogP contribution in [0.3, 0.4) is 0 Å². The summed E-state index contributed by atoms with van der Waals surface area (Å²) in [6, 6.07) is 0. The highest BCUT2D eigenvalue weighted by Gasteiger charge is 2.13. The fourth-order valence-electron chi connectivity index (χ4n) is 1.91. The minimum atomic E-state index is -0.627. The maximum absolute atomic E-state index is 11.7. The van der Waals surface area contributed by atoms with Gasteiger partial charge in [-0.3, -0.25) is 0 Å². The Hall–Kier alpha value is -3.04. The second-order valence-corrected chi connectivity index (χ2v) is 6.40. The molecule has 1 atom stereocenters. The van der Waals surface area contributed by atoms with Crippen molar-refractivity contribution in [2.45, 2.75) is 46.1 Å². The second-order valence-electron chi connectivity index (χ2n) is 6.40. The number of hydrogen-bond acceptors (Lipinski definition) is 8. The number of carbonyl (C=O) groups excluding carboxylic acids is 4. The Labute approximate surface area is 176 Å². The maximum Gasteiger partial charge on any atom is 0.407 e. The molecule has 2 amide bonds. The van der Waals surface area contributed by atoms with E-state index in [-0.39, 0.29) is 50.2 Å². The highest BCUT2D eigenvalue weighted by atomic mass is 16.6. The van der Waals surface area contributed by atoms with Crippen molar-refractivity contribution in [1.29, 1.82) is 0 Å². The molecule has 0 aromatic rings. The highest BCUT2D eigenvalue weighted by molar-refractivity contribution is 5.87. The number of esters is 2. The van der Waals surface area contributed by atoms with Gasteiger partial charge in [-0.25, -0.2) is 19.2 Å². The van der Waals surface area contributed by atoms with Crippen LogP contribution in [0.2, 0.25) is 0 Å². The average Bonchev–Trinajstić information content (AvgIpc) is 2.70. The van der Waals surface area contributed by atoms with E-state index in [1.54, 1.807) is 0 Å². The van der Waals surface area contributed by atoms with Crippen molar-refractivity contribution in [2.75, 3.05) is 32.9 Å². The third kappa shape index (κ3) is 14.0. The molecule has 2 N–H and O–H groups in total. The Morgan fingerprint density at radius 1 is 0.800 bits per heavy atom. The lowest BCUT2D eigenvalue weighted by Gasteiger charge is -2.16. The quantitative estimate of drug-likeness (QED) is 0.186. The summed E-state index contributed by atoms with van der Waals surface area (Å²) in [4.78, 5) is 45.6. The molecular formula is C20H32N2O8. The number of amides is 2. The van der Waals surface area contributed by atoms with E-state index in [0.29, 0.717) is 19.3 Å². The molecule has 0 bridgehead atoms. The Kier molecular flexibility index (Phi) is 14.2. The zero-order valence-corrected chi connectivity index (χ0v) is 17.9. The molecule has 0 aromatic carbocycles. The predicted molar refractivity (Wildman–Crippen MR) is 109 cm³/mol. The van der Waals surface area contributed by atoms with Gasteiger partial charge in [0.15, 0.2) is 0 Å². The van der Waals surface area contributed by atoms with E-state index in [9.17, 15) is 19.2 Å². The molecule has 0 saturated heterocycles. The molecule has 0 aliphatic heterocycles. The summed E-state index contributed by atoms with van der Waals surface area (Å²) in [5, 5.41) is 4.94. The Balaban J connectivity index is 3.83. The van der Waals surface area contributed by atoms with Gasteiger partial charge in [0, 0.05) is 11.1 Å². The summed E-state index contributed by atoms with van der Waals surface area (Å²) in [5.41, 5.74) is 0.566. The van der Waals surface area contributed by atoms with Crippen molar-refractivity contribution in [2.24, 2.45) is 0 Å². The minimum Gasteiger partial charge on any atom is -0.460 e. The fraction of sp³-hybridized carbons (Fsp3) is 0.600. The molecule has 0 spiro atoms. The minimum absolute atomic E-state index is 0.0208. The molecule has 0 aliphatic carbocycles. The van der Waals surface area contributed by atoms with E-state index in [0.717, 1.165) is 0 Å². The van der Waals surface area contributed by atoms with Crippen LogP contribution in [0.15, 0.2) is 24.3 Å². The normalized spacial score (nSPS) is 10.9. The lowest BCUT2D eigenvalue weighted by Crippen LogP contribution is -2.32. The van der Waals surface area contributed by atoms with Gasteiger partial charge >= 0.3 is 24.1 Å². The molecule has 0 heterocycles. The van der Waals surface area contributed by atoms with Gasteiger partial charge in [-0.2, -0.15) is 0 Å². The van der Waals surface area contributed by atoms with Crippen LogP contribution in [0, 0.1) is 0 Å². The van der Waals surface area contributed by atoms with Gasteiger partial charge in [0.2, 0.25) is 0 Å². The lowest BCUT2D eigenvalue weighted by atomic mass is 10.1. The van der Waals surface area contributed by atoms with Crippen LogP contribution < -0.4 is 10.6 Å². The van der Waals surface area contributed by atoms with E-state index in [4.69, 9.17) is 18.9 Å². The van der Waals surface area contributed by atoms with Crippen LogP contribution in [-0.2, 0) is 28.5 Å². The van der Waals surface area contributed by atoms with E-state index in [1.165, 1.54) is 13.8 Å². The number of alkyl carbamates (subject to hydrolysis) is 2. The fourth-order valence-corrected chi connectivity index (χ4v) is 1.91. The molecular weight excluding hydrogens is 396 g/mol. The van der Waals surface area contributed by atoms with Gasteiger partial charge in [0.05, 0.1) is 19.7 Å². The molecule has 0 aromatic heterocycles. The molecule has 1 unspecified atom stereocenters. The van der Waals surface area contributed by atoms with Crippen LogP contribution in [-0.4, -0.2) is 63.1 Å². The third-order valence-corrected chi connectivity index (χ3v) is 3.54. The van der Waals surface area contributed by atoms with Gasteiger partial charge < -0.3 is 29.6 Å². The first-order valence-electron chi connectivity index (χ1n) is 9.67. The van der Waals surface area contributed by atoms with Crippen LogP contribution in [0.25, 0.3) is 0 Å². The smallest absolute Gasteiger partial charge is 0.407 e. The number of rotatable bonds is 14. The van der Waals surface area contributed by atoms with Crippen LogP contribution in [0.1, 0.15) is 40.0 Å². The van der Waals surface area contributed by atoms with Crippen molar-refractivity contribution < 1.29 is 38.1 Å². The summed E-state index contributed by atoms with van der Waals surface area (Å²) in [5.74, 6) is -1.04. The van der Waals surface area contributed by atoms with Crippen molar-refractivity contribution in [3.63, 3.8) is 0 Å². The van der Waals surface area contributed by atoms with E-state index < -0.39 is 24.1 Å². The number of nitrogens with one attached hydrogen (secondary N) is 2. The summed E-state index contributed by atoms with van der Waals surface area (Å²) < 4.78 is 19.9. The SMILES string of the molecule is C=C(C)C(=O)OCCNC(=O)OCCCC(CC)OC(=O)NCCOC(=O)C(=C)C. The average molecular weight is 428 g/mol. The number of hydrogen-bond donors (Lipinski definition) is 2. The third-order valence-electron chi connectivity index (χ3n) is 3.54. The largest absolute Gasteiger partial charge is 0.460 e. The van der Waals surface area contributed by atoms with Gasteiger partial charge in [-0.15, -0.1) is 0 Å². The molecule has 10 heteroatoms. The van der Waals surface area contributed by atoms with Gasteiger partial charge in [-0.1, -0.05) is 20.1 Å². The number of ether oxygens (including phenoxy) is 4. The molecule has 0 radical (unpaired) electrons. The van der Waals surface area contributed by atoms with Crippen molar-refractivity contribution in [3.05, 3.63) is 24.3 Å². The van der Waals surface area contributed by atoms with Crippen molar-refractivity contribution in [1.82, 2.24) is 10.6 Å². The summed E-state index contributed by atoms with van der Waals surface area (Å²) in [7, 11) is 0. The second kappa shape index (κ2) is 15.8. The Morgan fingerprint density at radius 3 is 1.77 bits per heavy atom. The van der Waals surface area contributed by atoms with Crippen LogP contribution in [0.4, 0.5) is 9.59 Å². The summed E-state index contributed by atoms with van der Waals surface area (Å²) in [6.07, 6.45) is 0.0287. The molecule has 0 aliphatic rings. The molecule has 170 valence electrons. The maximum atomic E-state index is 11.7. The van der Waals surface area contributed by atoms with Crippen molar-refractivity contribution >= 4 is 24.1 Å².